The van der Waals surface area contributed by atoms with Gasteiger partial charge in [-0.15, -0.1) is 5.01 Å². The normalized spacial score (nSPS) is 22.8. The fourth-order valence-electron chi connectivity index (χ4n) is 3.97. The third-order valence-electron chi connectivity index (χ3n) is 5.63. The standard InChI is InChI=1S/C20H20ClN5O2/c1-22-26-6-5-20(9-14(20)12-26)17-4-3-13(10-23-17)7-19(27)25-18-8-16(28-2)15(21)11-24-18/h3-4,8,10-11,14H,5-7,9,12H2,2H3,(H,24,25,27). The average Bonchev–Trinajstić information content (AvgIpc) is 3.44. The van der Waals surface area contributed by atoms with E-state index in [0.29, 0.717) is 22.5 Å². The summed E-state index contributed by atoms with van der Waals surface area (Å²) in [5.41, 5.74) is 2.05. The molecule has 0 bridgehead atoms. The first-order valence-corrected chi connectivity index (χ1v) is 9.49. The molecule has 144 valence electrons. The SMILES string of the molecule is [C-]#[N+]N1CCC2(c3ccc(CC(=O)Nc4cc(OC)c(Cl)cn4)cn3)CC2C1. The van der Waals surface area contributed by atoms with Crippen molar-refractivity contribution in [2.75, 3.05) is 25.5 Å². The summed E-state index contributed by atoms with van der Waals surface area (Å²) in [6.07, 6.45) is 5.49. The van der Waals surface area contributed by atoms with Gasteiger partial charge in [-0.05, 0) is 30.4 Å². The first-order valence-electron chi connectivity index (χ1n) is 9.11. The van der Waals surface area contributed by atoms with E-state index in [2.05, 4.69) is 20.2 Å². The molecular formula is C20H20ClN5O2. The second-order valence-corrected chi connectivity index (χ2v) is 7.71. The Morgan fingerprint density at radius 3 is 3.00 bits per heavy atom. The zero-order chi connectivity index (χ0) is 19.7. The number of fused-ring (bicyclic) bond motifs is 1. The molecule has 28 heavy (non-hydrogen) atoms. The molecule has 0 radical (unpaired) electrons. The van der Waals surface area contributed by atoms with Gasteiger partial charge < -0.3 is 10.1 Å². The molecule has 8 heteroatoms. The summed E-state index contributed by atoms with van der Waals surface area (Å²) in [4.78, 5) is 24.6. The van der Waals surface area contributed by atoms with Gasteiger partial charge in [0.2, 0.25) is 5.91 Å². The highest BCUT2D eigenvalue weighted by molar-refractivity contribution is 6.32. The van der Waals surface area contributed by atoms with Crippen LogP contribution in [-0.2, 0) is 16.6 Å². The van der Waals surface area contributed by atoms with Crippen molar-refractivity contribution in [3.05, 3.63) is 58.4 Å². The van der Waals surface area contributed by atoms with Crippen molar-refractivity contribution < 1.29 is 9.53 Å². The van der Waals surface area contributed by atoms with E-state index >= 15 is 0 Å². The van der Waals surface area contributed by atoms with Crippen LogP contribution in [0.25, 0.3) is 4.95 Å². The van der Waals surface area contributed by atoms with Gasteiger partial charge in [0.15, 0.2) is 0 Å². The Balaban J connectivity index is 1.38. The molecule has 2 unspecified atom stereocenters. The molecular weight excluding hydrogens is 378 g/mol. The lowest BCUT2D eigenvalue weighted by Gasteiger charge is -2.24. The van der Waals surface area contributed by atoms with Crippen LogP contribution >= 0.6 is 11.6 Å². The van der Waals surface area contributed by atoms with Crippen LogP contribution in [0.4, 0.5) is 5.82 Å². The molecule has 1 saturated heterocycles. The van der Waals surface area contributed by atoms with Gasteiger partial charge in [-0.1, -0.05) is 17.7 Å². The van der Waals surface area contributed by atoms with Crippen LogP contribution < -0.4 is 10.1 Å². The fraction of sp³-hybridized carbons (Fsp3) is 0.400. The summed E-state index contributed by atoms with van der Waals surface area (Å²) in [6, 6.07) is 5.58. The number of amides is 1. The van der Waals surface area contributed by atoms with E-state index in [1.165, 1.54) is 13.3 Å². The predicted molar refractivity (Wildman–Crippen MR) is 105 cm³/mol. The third-order valence-corrected chi connectivity index (χ3v) is 5.91. The molecule has 7 nitrogen and oxygen atoms in total. The maximum atomic E-state index is 12.3. The van der Waals surface area contributed by atoms with Gasteiger partial charge in [0.1, 0.15) is 16.6 Å². The number of nitrogens with zero attached hydrogens (tertiary/aromatic N) is 4. The van der Waals surface area contributed by atoms with Crippen molar-refractivity contribution in [1.29, 1.82) is 0 Å². The smallest absolute Gasteiger partial charge is 0.230 e. The monoisotopic (exact) mass is 397 g/mol. The van der Waals surface area contributed by atoms with Crippen molar-refractivity contribution in [3.8, 4) is 5.75 Å². The van der Waals surface area contributed by atoms with Crippen molar-refractivity contribution in [2.24, 2.45) is 5.92 Å². The molecule has 1 aliphatic carbocycles. The van der Waals surface area contributed by atoms with Gasteiger partial charge in [0.25, 0.3) is 0 Å². The number of aromatic nitrogens is 2. The highest BCUT2D eigenvalue weighted by atomic mass is 35.5. The lowest BCUT2D eigenvalue weighted by Crippen LogP contribution is -2.32. The minimum atomic E-state index is -0.181. The quantitative estimate of drug-likeness (QED) is 0.785. The molecule has 1 amide bonds. The van der Waals surface area contributed by atoms with Crippen molar-refractivity contribution in [3.63, 3.8) is 0 Å². The molecule has 1 saturated carbocycles. The topological polar surface area (TPSA) is 71.7 Å². The van der Waals surface area contributed by atoms with E-state index in [0.717, 1.165) is 37.2 Å². The number of anilines is 1. The largest absolute Gasteiger partial charge is 0.495 e. The van der Waals surface area contributed by atoms with Crippen molar-refractivity contribution >= 4 is 23.3 Å². The van der Waals surface area contributed by atoms with Gasteiger partial charge in [-0.25, -0.2) is 4.98 Å². The number of methoxy groups -OCH3 is 1. The van der Waals surface area contributed by atoms with Gasteiger partial charge in [-0.2, -0.15) is 11.5 Å². The third kappa shape index (κ3) is 3.48. The van der Waals surface area contributed by atoms with Crippen molar-refractivity contribution in [2.45, 2.75) is 24.7 Å². The number of piperidine rings is 1. The number of ether oxygens (including phenoxy) is 1. The van der Waals surface area contributed by atoms with Crippen molar-refractivity contribution in [1.82, 2.24) is 15.0 Å². The number of hydrogen-bond donors (Lipinski definition) is 1. The Bertz CT molecular complexity index is 943. The molecule has 1 N–H and O–H groups in total. The molecule has 2 atom stereocenters. The van der Waals surface area contributed by atoms with E-state index in [1.54, 1.807) is 12.3 Å². The van der Waals surface area contributed by atoms with E-state index in [9.17, 15) is 4.79 Å². The van der Waals surface area contributed by atoms with Crippen LogP contribution in [-0.4, -0.2) is 41.1 Å². The first-order chi connectivity index (χ1) is 13.5. The molecule has 0 spiro atoms. The zero-order valence-corrected chi connectivity index (χ0v) is 16.2. The van der Waals surface area contributed by atoms with Crippen LogP contribution in [0, 0.1) is 12.5 Å². The molecule has 2 aromatic rings. The lowest BCUT2D eigenvalue weighted by atomic mass is 9.91. The van der Waals surface area contributed by atoms with Gasteiger partial charge in [-0.3, -0.25) is 9.78 Å². The Labute approximate surface area is 168 Å². The molecule has 1 aliphatic heterocycles. The van der Waals surface area contributed by atoms with E-state index in [1.807, 2.05) is 17.1 Å². The van der Waals surface area contributed by atoms with Crippen LogP contribution in [0.1, 0.15) is 24.1 Å². The summed E-state index contributed by atoms with van der Waals surface area (Å²) in [6.45, 7) is 8.78. The summed E-state index contributed by atoms with van der Waals surface area (Å²) in [5, 5.41) is 4.95. The van der Waals surface area contributed by atoms with Gasteiger partial charge in [0.05, 0.1) is 32.8 Å². The number of halogens is 1. The highest BCUT2D eigenvalue weighted by Crippen LogP contribution is 2.58. The van der Waals surface area contributed by atoms with Crippen LogP contribution in [0.2, 0.25) is 5.02 Å². The number of pyridine rings is 2. The van der Waals surface area contributed by atoms with E-state index < -0.39 is 0 Å². The predicted octanol–water partition coefficient (Wildman–Crippen LogP) is 3.12. The van der Waals surface area contributed by atoms with Gasteiger partial charge in [0, 0.05) is 23.4 Å². The van der Waals surface area contributed by atoms with E-state index in [-0.39, 0.29) is 17.7 Å². The number of carbonyl (C=O) groups excluding carboxylic acids is 1. The Morgan fingerprint density at radius 2 is 2.32 bits per heavy atom. The molecule has 4 rings (SSSR count). The zero-order valence-electron chi connectivity index (χ0n) is 15.5. The average molecular weight is 398 g/mol. The molecule has 3 heterocycles. The minimum absolute atomic E-state index is 0.131. The lowest BCUT2D eigenvalue weighted by molar-refractivity contribution is -0.115. The molecule has 0 aromatic carbocycles. The summed E-state index contributed by atoms with van der Waals surface area (Å²) in [5.74, 6) is 1.19. The Kier molecular flexibility index (Phi) is 4.82. The molecule has 2 aromatic heterocycles. The maximum absolute atomic E-state index is 12.3. The molecule has 2 aliphatic rings. The number of hydrogen-bond acceptors (Lipinski definition) is 5. The highest BCUT2D eigenvalue weighted by Gasteiger charge is 2.59. The van der Waals surface area contributed by atoms with Crippen LogP contribution in [0.15, 0.2) is 30.6 Å². The summed E-state index contributed by atoms with van der Waals surface area (Å²) >= 11 is 5.95. The summed E-state index contributed by atoms with van der Waals surface area (Å²) < 4.78 is 5.13. The number of nitrogens with one attached hydrogen (secondary N) is 1. The number of carbonyl (C=O) groups is 1. The van der Waals surface area contributed by atoms with Crippen LogP contribution in [0.3, 0.4) is 0 Å². The van der Waals surface area contributed by atoms with Crippen LogP contribution in [0.5, 0.6) is 5.75 Å². The van der Waals surface area contributed by atoms with Gasteiger partial charge >= 0.3 is 0 Å². The number of rotatable bonds is 5. The second kappa shape index (κ2) is 7.28. The Hall–Kier alpha value is -2.85. The van der Waals surface area contributed by atoms with E-state index in [4.69, 9.17) is 22.9 Å². The first kappa shape index (κ1) is 18.5. The molecule has 2 fully saturated rings. The minimum Gasteiger partial charge on any atom is -0.495 e. The second-order valence-electron chi connectivity index (χ2n) is 7.30. The maximum Gasteiger partial charge on any atom is 0.230 e. The fourth-order valence-corrected chi connectivity index (χ4v) is 4.15. The summed E-state index contributed by atoms with van der Waals surface area (Å²) in [7, 11) is 1.51. The Morgan fingerprint density at radius 1 is 1.46 bits per heavy atom.